The molecular formula is C21H28O8. The van der Waals surface area contributed by atoms with Crippen LogP contribution >= 0.6 is 0 Å². The summed E-state index contributed by atoms with van der Waals surface area (Å²) < 4.78 is 22.1. The third-order valence-electron chi connectivity index (χ3n) is 3.47. The van der Waals surface area contributed by atoms with Crippen LogP contribution in [0.1, 0.15) is 12.8 Å². The minimum atomic E-state index is -1.55. The van der Waals surface area contributed by atoms with Crippen molar-refractivity contribution in [2.75, 3.05) is 39.6 Å². The van der Waals surface area contributed by atoms with Gasteiger partial charge in [0.15, 0.2) is 23.1 Å². The fraction of sp³-hybridized carbons (Fsp3) is 0.429. The first-order valence-corrected chi connectivity index (χ1v) is 8.87. The Hall–Kier alpha value is -2.52. The molecule has 0 spiro atoms. The van der Waals surface area contributed by atoms with Gasteiger partial charge in [-0.15, -0.1) is 0 Å². The molecule has 0 aliphatic heterocycles. The second-order valence-electron chi connectivity index (χ2n) is 5.77. The number of carbonyl (C=O) groups is 4. The van der Waals surface area contributed by atoms with Gasteiger partial charge in [-0.2, -0.15) is 0 Å². The number of allylic oxidation sites excluding steroid dienone is 2. The van der Waals surface area contributed by atoms with Gasteiger partial charge >= 0.3 is 0 Å². The zero-order valence-corrected chi connectivity index (χ0v) is 16.6. The summed E-state index contributed by atoms with van der Waals surface area (Å²) in [7, 11) is 0. The topological polar surface area (TPSA) is 105 Å². The van der Waals surface area contributed by atoms with E-state index in [1.165, 1.54) is 0 Å². The molecule has 0 heterocycles. The Morgan fingerprint density at radius 3 is 1.28 bits per heavy atom. The van der Waals surface area contributed by atoms with Gasteiger partial charge in [-0.25, -0.2) is 0 Å². The minimum absolute atomic E-state index is 0.0252. The summed E-state index contributed by atoms with van der Waals surface area (Å²) in [5.41, 5.74) is 0. The van der Waals surface area contributed by atoms with Gasteiger partial charge in [0.25, 0.3) is 0 Å². The molecule has 0 saturated heterocycles. The van der Waals surface area contributed by atoms with Crippen LogP contribution < -0.4 is 0 Å². The Bertz CT molecular complexity index is 511. The van der Waals surface area contributed by atoms with Gasteiger partial charge in [0.1, 0.15) is 26.4 Å². The zero-order chi connectivity index (χ0) is 22.1. The molecule has 0 aliphatic carbocycles. The minimum Gasteiger partial charge on any atom is -0.368 e. The Morgan fingerprint density at radius 2 is 0.966 bits per heavy atom. The van der Waals surface area contributed by atoms with Crippen molar-refractivity contribution in [3.8, 4) is 0 Å². The van der Waals surface area contributed by atoms with Crippen LogP contribution in [0.5, 0.6) is 0 Å². The molecule has 8 nitrogen and oxygen atoms in total. The summed E-state index contributed by atoms with van der Waals surface area (Å²) in [6.45, 7) is 12.3. The van der Waals surface area contributed by atoms with Crippen LogP contribution in [0.2, 0.25) is 0 Å². The quantitative estimate of drug-likeness (QED) is 0.221. The molecule has 0 atom stereocenters. The third-order valence-corrected chi connectivity index (χ3v) is 3.47. The Kier molecular flexibility index (Phi) is 14.1. The molecule has 0 saturated carbocycles. The fourth-order valence-corrected chi connectivity index (χ4v) is 1.86. The van der Waals surface area contributed by atoms with Crippen LogP contribution in [0.15, 0.2) is 50.6 Å². The van der Waals surface area contributed by atoms with E-state index in [9.17, 15) is 19.2 Å². The predicted molar refractivity (Wildman–Crippen MR) is 106 cm³/mol. The summed E-state index contributed by atoms with van der Waals surface area (Å²) in [6.07, 6.45) is 4.58. The molecular weight excluding hydrogens is 380 g/mol. The molecule has 0 amide bonds. The summed E-state index contributed by atoms with van der Waals surface area (Å²) in [5, 5.41) is 0. The van der Waals surface area contributed by atoms with Crippen LogP contribution in [0, 0.1) is 0 Å². The van der Waals surface area contributed by atoms with Gasteiger partial charge in [0, 0.05) is 12.8 Å². The zero-order valence-electron chi connectivity index (χ0n) is 16.6. The number of rotatable bonds is 20. The maximum Gasteiger partial charge on any atom is 0.216 e. The highest BCUT2D eigenvalue weighted by atomic mass is 16.7. The van der Waals surface area contributed by atoms with Crippen molar-refractivity contribution >= 4 is 23.1 Å². The lowest BCUT2D eigenvalue weighted by molar-refractivity contribution is -0.280. The predicted octanol–water partition coefficient (Wildman–Crippen LogP) is 1.55. The number of hydrogen-bond donors (Lipinski definition) is 0. The van der Waals surface area contributed by atoms with E-state index in [1.807, 2.05) is 0 Å². The molecule has 0 aliphatic rings. The first-order valence-electron chi connectivity index (χ1n) is 8.87. The van der Waals surface area contributed by atoms with Gasteiger partial charge in [0.2, 0.25) is 5.79 Å². The molecule has 0 aromatic rings. The van der Waals surface area contributed by atoms with Crippen molar-refractivity contribution < 1.29 is 38.1 Å². The highest BCUT2D eigenvalue weighted by molar-refractivity contribution is 5.90. The van der Waals surface area contributed by atoms with Crippen LogP contribution in [0.4, 0.5) is 0 Å². The number of ether oxygens (including phenoxy) is 4. The van der Waals surface area contributed by atoms with E-state index >= 15 is 0 Å². The molecule has 0 aromatic carbocycles. The Balaban J connectivity index is 5.23. The molecule has 29 heavy (non-hydrogen) atoms. The average Bonchev–Trinajstić information content (AvgIpc) is 2.72. The van der Waals surface area contributed by atoms with Crippen LogP contribution in [0.3, 0.4) is 0 Å². The van der Waals surface area contributed by atoms with Crippen molar-refractivity contribution in [3.63, 3.8) is 0 Å². The first kappa shape index (κ1) is 26.5. The second-order valence-corrected chi connectivity index (χ2v) is 5.77. The van der Waals surface area contributed by atoms with Gasteiger partial charge in [-0.1, -0.05) is 26.3 Å². The summed E-state index contributed by atoms with van der Waals surface area (Å²) in [6, 6.07) is 0. The molecule has 8 heteroatoms. The summed E-state index contributed by atoms with van der Waals surface area (Å²) >= 11 is 0. The second kappa shape index (κ2) is 15.4. The number of ketones is 4. The lowest BCUT2D eigenvalue weighted by Gasteiger charge is -2.33. The van der Waals surface area contributed by atoms with E-state index in [1.54, 1.807) is 0 Å². The summed E-state index contributed by atoms with van der Waals surface area (Å²) in [4.78, 5) is 45.7. The van der Waals surface area contributed by atoms with Gasteiger partial charge in [0.05, 0.1) is 13.2 Å². The average molecular weight is 408 g/mol. The summed E-state index contributed by atoms with van der Waals surface area (Å²) in [5.74, 6) is -2.75. The van der Waals surface area contributed by atoms with Gasteiger partial charge in [-0.3, -0.25) is 19.2 Å². The monoisotopic (exact) mass is 408 g/mol. The molecule has 0 bridgehead atoms. The van der Waals surface area contributed by atoms with Crippen molar-refractivity contribution in [1.82, 2.24) is 0 Å². The molecule has 0 aromatic heterocycles. The molecule has 0 unspecified atom stereocenters. The van der Waals surface area contributed by atoms with Crippen molar-refractivity contribution in [1.29, 1.82) is 0 Å². The van der Waals surface area contributed by atoms with Crippen LogP contribution in [-0.2, 0) is 38.1 Å². The Labute approximate surface area is 170 Å². The lowest BCUT2D eigenvalue weighted by Crippen LogP contribution is -2.47. The van der Waals surface area contributed by atoms with E-state index in [4.69, 9.17) is 18.9 Å². The smallest absolute Gasteiger partial charge is 0.216 e. The highest BCUT2D eigenvalue weighted by Crippen LogP contribution is 2.17. The van der Waals surface area contributed by atoms with Crippen molar-refractivity contribution in [3.05, 3.63) is 50.6 Å². The Morgan fingerprint density at radius 1 is 0.621 bits per heavy atom. The third kappa shape index (κ3) is 12.5. The standard InChI is InChI=1S/C21H28O8/c1-5-17(22)9-11-28-21(15-26-13-19(24)7-3,16-27-14-20(25)8-4)29-12-10-18(23)6-2/h5-8H,1-4,9-16H2. The van der Waals surface area contributed by atoms with Crippen molar-refractivity contribution in [2.45, 2.75) is 18.6 Å². The molecule has 0 N–H and O–H groups in total. The van der Waals surface area contributed by atoms with E-state index in [0.717, 1.165) is 24.3 Å². The maximum atomic E-state index is 11.5. The van der Waals surface area contributed by atoms with Gasteiger partial charge < -0.3 is 18.9 Å². The fourth-order valence-electron chi connectivity index (χ4n) is 1.86. The first-order chi connectivity index (χ1) is 13.8. The lowest BCUT2D eigenvalue weighted by atomic mass is 10.2. The number of hydrogen-bond acceptors (Lipinski definition) is 8. The maximum absolute atomic E-state index is 11.5. The molecule has 0 fully saturated rings. The van der Waals surface area contributed by atoms with Crippen molar-refractivity contribution in [2.24, 2.45) is 0 Å². The normalized spacial score (nSPS) is 10.8. The van der Waals surface area contributed by atoms with E-state index < -0.39 is 5.79 Å². The van der Waals surface area contributed by atoms with E-state index in [-0.39, 0.29) is 75.6 Å². The number of carbonyl (C=O) groups excluding carboxylic acids is 4. The SMILES string of the molecule is C=CC(=O)CCOC(COCC(=O)C=C)(COCC(=O)C=C)OCCC(=O)C=C. The van der Waals surface area contributed by atoms with E-state index in [2.05, 4.69) is 26.3 Å². The molecule has 0 rings (SSSR count). The van der Waals surface area contributed by atoms with Crippen LogP contribution in [0.25, 0.3) is 0 Å². The molecule has 0 radical (unpaired) electrons. The highest BCUT2D eigenvalue weighted by Gasteiger charge is 2.34. The molecule has 160 valence electrons. The van der Waals surface area contributed by atoms with E-state index in [0.29, 0.717) is 0 Å². The largest absolute Gasteiger partial charge is 0.368 e. The van der Waals surface area contributed by atoms with Gasteiger partial charge in [-0.05, 0) is 24.3 Å². The van der Waals surface area contributed by atoms with Crippen LogP contribution in [-0.4, -0.2) is 68.6 Å².